The molecule has 5 heteroatoms. The van der Waals surface area contributed by atoms with Crippen molar-refractivity contribution in [2.24, 2.45) is 5.10 Å². The zero-order chi connectivity index (χ0) is 17.8. The molecule has 1 aromatic heterocycles. The minimum Gasteiger partial charge on any atom is -0.378 e. The van der Waals surface area contributed by atoms with E-state index in [2.05, 4.69) is 17.0 Å². The van der Waals surface area contributed by atoms with Gasteiger partial charge in [0.2, 0.25) is 0 Å². The van der Waals surface area contributed by atoms with Gasteiger partial charge in [-0.05, 0) is 36.2 Å². The average molecular weight is 334 g/mol. The van der Waals surface area contributed by atoms with Crippen LogP contribution in [0.15, 0.2) is 58.4 Å². The van der Waals surface area contributed by atoms with Crippen molar-refractivity contribution in [3.05, 3.63) is 70.3 Å². The summed E-state index contributed by atoms with van der Waals surface area (Å²) in [5.41, 5.74) is 2.65. The van der Waals surface area contributed by atoms with Crippen LogP contribution in [0.3, 0.4) is 0 Å². The molecule has 0 aliphatic carbocycles. The summed E-state index contributed by atoms with van der Waals surface area (Å²) >= 11 is 0. The average Bonchev–Trinajstić information content (AvgIpc) is 2.62. The Bertz CT molecular complexity index is 956. The highest BCUT2D eigenvalue weighted by molar-refractivity contribution is 5.81. The Morgan fingerprint density at radius 1 is 1.12 bits per heavy atom. The van der Waals surface area contributed by atoms with Crippen LogP contribution in [0.4, 0.5) is 5.69 Å². The van der Waals surface area contributed by atoms with Gasteiger partial charge in [-0.25, -0.2) is 4.98 Å². The van der Waals surface area contributed by atoms with Crippen molar-refractivity contribution < 1.29 is 0 Å². The van der Waals surface area contributed by atoms with E-state index in [4.69, 9.17) is 0 Å². The van der Waals surface area contributed by atoms with Crippen LogP contribution in [0, 0.1) is 0 Å². The molecule has 0 saturated carbocycles. The van der Waals surface area contributed by atoms with Gasteiger partial charge < -0.3 is 4.90 Å². The van der Waals surface area contributed by atoms with Crippen LogP contribution >= 0.6 is 0 Å². The highest BCUT2D eigenvalue weighted by Crippen LogP contribution is 2.12. The van der Waals surface area contributed by atoms with Crippen LogP contribution in [-0.2, 0) is 6.42 Å². The summed E-state index contributed by atoms with van der Waals surface area (Å²) < 4.78 is 1.42. The molecule has 0 radical (unpaired) electrons. The molecule has 0 spiro atoms. The molecule has 0 atom stereocenters. The van der Waals surface area contributed by atoms with Gasteiger partial charge in [0.25, 0.3) is 5.56 Å². The molecule has 0 unspecified atom stereocenters. The van der Waals surface area contributed by atoms with Crippen LogP contribution in [0.25, 0.3) is 10.9 Å². The molecule has 1 heterocycles. The van der Waals surface area contributed by atoms with E-state index >= 15 is 0 Å². The maximum Gasteiger partial charge on any atom is 0.282 e. The minimum atomic E-state index is -0.129. The van der Waals surface area contributed by atoms with Crippen molar-refractivity contribution in [2.75, 3.05) is 19.0 Å². The van der Waals surface area contributed by atoms with Crippen LogP contribution in [0.1, 0.15) is 24.7 Å². The van der Waals surface area contributed by atoms with Gasteiger partial charge in [-0.2, -0.15) is 9.78 Å². The van der Waals surface area contributed by atoms with E-state index < -0.39 is 0 Å². The quantitative estimate of drug-likeness (QED) is 0.673. The lowest BCUT2D eigenvalue weighted by molar-refractivity contribution is 0.704. The predicted octanol–water partition coefficient (Wildman–Crippen LogP) is 3.30. The van der Waals surface area contributed by atoms with Gasteiger partial charge in [-0.15, -0.1) is 0 Å². The second kappa shape index (κ2) is 7.30. The molecule has 25 heavy (non-hydrogen) atoms. The van der Waals surface area contributed by atoms with Crippen molar-refractivity contribution in [1.82, 2.24) is 9.66 Å². The van der Waals surface area contributed by atoms with E-state index in [1.807, 2.05) is 61.5 Å². The first kappa shape index (κ1) is 16.9. The zero-order valence-corrected chi connectivity index (χ0v) is 14.8. The van der Waals surface area contributed by atoms with Gasteiger partial charge >= 0.3 is 0 Å². The Morgan fingerprint density at radius 3 is 2.52 bits per heavy atom. The Balaban J connectivity index is 2.03. The van der Waals surface area contributed by atoms with E-state index in [-0.39, 0.29) is 5.56 Å². The lowest BCUT2D eigenvalue weighted by Crippen LogP contribution is -2.22. The molecule has 5 nitrogen and oxygen atoms in total. The molecule has 128 valence electrons. The molecule has 0 saturated heterocycles. The first-order chi connectivity index (χ1) is 12.1. The fourth-order valence-corrected chi connectivity index (χ4v) is 2.66. The molecule has 0 N–H and O–H groups in total. The number of aryl methyl sites for hydroxylation is 1. The summed E-state index contributed by atoms with van der Waals surface area (Å²) in [7, 11) is 4.00. The summed E-state index contributed by atoms with van der Waals surface area (Å²) in [6, 6.07) is 15.4. The summed E-state index contributed by atoms with van der Waals surface area (Å²) in [5.74, 6) is 0.687. The van der Waals surface area contributed by atoms with Crippen LogP contribution in [0.5, 0.6) is 0 Å². The first-order valence-electron chi connectivity index (χ1n) is 8.42. The van der Waals surface area contributed by atoms with E-state index in [1.165, 1.54) is 4.68 Å². The van der Waals surface area contributed by atoms with Crippen molar-refractivity contribution >= 4 is 22.8 Å². The number of nitrogens with zero attached hydrogens (tertiary/aromatic N) is 4. The number of hydrogen-bond donors (Lipinski definition) is 0. The molecule has 3 rings (SSSR count). The Morgan fingerprint density at radius 2 is 1.84 bits per heavy atom. The molecule has 0 aliphatic rings. The number of benzene rings is 2. The Hall–Kier alpha value is -2.95. The molecule has 0 fully saturated rings. The minimum absolute atomic E-state index is 0.129. The number of para-hydroxylation sites is 1. The second-order valence-electron chi connectivity index (χ2n) is 6.14. The number of rotatable bonds is 5. The fourth-order valence-electron chi connectivity index (χ4n) is 2.66. The van der Waals surface area contributed by atoms with Crippen molar-refractivity contribution in [2.45, 2.75) is 19.8 Å². The fraction of sp³-hybridized carbons (Fsp3) is 0.250. The third-order valence-electron chi connectivity index (χ3n) is 4.03. The Labute approximate surface area is 147 Å². The molecule has 0 amide bonds. The summed E-state index contributed by atoms with van der Waals surface area (Å²) in [4.78, 5) is 19.4. The normalized spacial score (nSPS) is 11.3. The topological polar surface area (TPSA) is 50.5 Å². The third kappa shape index (κ3) is 3.60. The smallest absolute Gasteiger partial charge is 0.282 e. The van der Waals surface area contributed by atoms with Crippen molar-refractivity contribution in [1.29, 1.82) is 0 Å². The van der Waals surface area contributed by atoms with Gasteiger partial charge in [0, 0.05) is 26.2 Å². The monoisotopic (exact) mass is 334 g/mol. The Kier molecular flexibility index (Phi) is 4.93. The second-order valence-corrected chi connectivity index (χ2v) is 6.14. The van der Waals surface area contributed by atoms with E-state index in [9.17, 15) is 4.79 Å². The largest absolute Gasteiger partial charge is 0.378 e. The van der Waals surface area contributed by atoms with Crippen LogP contribution in [0.2, 0.25) is 0 Å². The highest BCUT2D eigenvalue weighted by atomic mass is 16.1. The zero-order valence-electron chi connectivity index (χ0n) is 14.8. The molecular formula is C20H22N4O. The van der Waals surface area contributed by atoms with Crippen molar-refractivity contribution in [3.8, 4) is 0 Å². The maximum absolute atomic E-state index is 12.8. The van der Waals surface area contributed by atoms with E-state index in [1.54, 1.807) is 12.3 Å². The third-order valence-corrected chi connectivity index (χ3v) is 4.03. The summed E-state index contributed by atoms with van der Waals surface area (Å²) in [5, 5.41) is 5.01. The molecule has 0 aliphatic heterocycles. The predicted molar refractivity (Wildman–Crippen MR) is 104 cm³/mol. The van der Waals surface area contributed by atoms with Crippen LogP contribution < -0.4 is 10.5 Å². The molecule has 2 aromatic carbocycles. The van der Waals surface area contributed by atoms with Gasteiger partial charge in [0.05, 0.1) is 17.1 Å². The standard InChI is InChI=1S/C20H22N4O/c1-4-7-19-22-18-9-6-5-8-17(18)20(25)24(19)21-14-15-10-12-16(13-11-15)23(2)3/h5-6,8-14H,4,7H2,1-3H3/b21-14+. The molecule has 3 aromatic rings. The van der Waals surface area contributed by atoms with E-state index in [0.717, 1.165) is 23.2 Å². The van der Waals surface area contributed by atoms with E-state index in [0.29, 0.717) is 17.6 Å². The van der Waals surface area contributed by atoms with Gasteiger partial charge in [0.1, 0.15) is 5.82 Å². The lowest BCUT2D eigenvalue weighted by atomic mass is 10.2. The lowest BCUT2D eigenvalue weighted by Gasteiger charge is -2.11. The molecule has 0 bridgehead atoms. The number of hydrogen-bond acceptors (Lipinski definition) is 4. The van der Waals surface area contributed by atoms with Crippen LogP contribution in [-0.4, -0.2) is 30.0 Å². The molecular weight excluding hydrogens is 312 g/mol. The van der Waals surface area contributed by atoms with Gasteiger partial charge in [-0.3, -0.25) is 4.79 Å². The van der Waals surface area contributed by atoms with Gasteiger partial charge in [0.15, 0.2) is 0 Å². The highest BCUT2D eigenvalue weighted by Gasteiger charge is 2.09. The summed E-state index contributed by atoms with van der Waals surface area (Å²) in [6.45, 7) is 2.06. The van der Waals surface area contributed by atoms with Gasteiger partial charge in [-0.1, -0.05) is 31.2 Å². The number of anilines is 1. The maximum atomic E-state index is 12.8. The number of aromatic nitrogens is 2. The first-order valence-corrected chi connectivity index (χ1v) is 8.42. The summed E-state index contributed by atoms with van der Waals surface area (Å²) in [6.07, 6.45) is 3.31. The van der Waals surface area contributed by atoms with Crippen molar-refractivity contribution in [3.63, 3.8) is 0 Å². The number of fused-ring (bicyclic) bond motifs is 1. The SMILES string of the molecule is CCCc1nc2ccccc2c(=O)n1/N=C/c1ccc(N(C)C)cc1.